The van der Waals surface area contributed by atoms with Crippen molar-refractivity contribution >= 4 is 24.1 Å². The van der Waals surface area contributed by atoms with Crippen LogP contribution in [0.5, 0.6) is 11.5 Å². The van der Waals surface area contributed by atoms with Crippen LogP contribution in [0.2, 0.25) is 0 Å². The third-order valence-corrected chi connectivity index (χ3v) is 3.93. The maximum Gasteiger partial charge on any atom is 2.00 e. The molecule has 0 aliphatic carbocycles. The van der Waals surface area contributed by atoms with Crippen LogP contribution in [-0.4, -0.2) is 22.4 Å². The van der Waals surface area contributed by atoms with E-state index in [4.69, 9.17) is 0 Å². The van der Waals surface area contributed by atoms with E-state index in [1.807, 2.05) is 24.3 Å². The summed E-state index contributed by atoms with van der Waals surface area (Å²) in [4.78, 5) is 8.06. The summed E-state index contributed by atoms with van der Waals surface area (Å²) in [6.45, 7) is 0. The monoisotopic (exact) mass is 479 g/mol. The molecule has 0 spiro atoms. The Hall–Kier alpha value is -4.20. The third kappa shape index (κ3) is 8.82. The number of aromatic nitrogens is 2. The zero-order valence-electron chi connectivity index (χ0n) is 17.4. The number of nitrogens with one attached hydrogen (secondary N) is 2. The van der Waals surface area contributed by atoms with Crippen molar-refractivity contribution in [3.8, 4) is 11.5 Å². The van der Waals surface area contributed by atoms with E-state index in [2.05, 4.69) is 31.0 Å². The van der Waals surface area contributed by atoms with E-state index in [1.165, 1.54) is 24.6 Å². The van der Waals surface area contributed by atoms with E-state index in [0.29, 0.717) is 22.8 Å². The Bertz CT molecular complexity index is 1060. The Kier molecular flexibility index (Phi) is 10.6. The van der Waals surface area contributed by atoms with Crippen molar-refractivity contribution in [1.29, 1.82) is 0 Å². The predicted octanol–water partition coefficient (Wildman–Crippen LogP) is 3.20. The molecule has 165 valence electrons. The van der Waals surface area contributed by atoms with Crippen LogP contribution in [0.15, 0.2) is 108 Å². The summed E-state index contributed by atoms with van der Waals surface area (Å²) in [5, 5.41) is 30.5. The Morgan fingerprint density at radius 2 is 0.970 bits per heavy atom. The molecule has 2 aromatic heterocycles. The second kappa shape index (κ2) is 14.0. The maximum absolute atomic E-state index is 11.3. The van der Waals surface area contributed by atoms with Gasteiger partial charge in [-0.2, -0.15) is 10.2 Å². The van der Waals surface area contributed by atoms with Crippen molar-refractivity contribution < 1.29 is 27.3 Å². The summed E-state index contributed by atoms with van der Waals surface area (Å²) < 4.78 is 0. The van der Waals surface area contributed by atoms with Crippen molar-refractivity contribution in [2.24, 2.45) is 10.2 Å². The molecule has 2 N–H and O–H groups in total. The molecule has 0 saturated heterocycles. The second-order valence-electron chi connectivity index (χ2n) is 6.25. The van der Waals surface area contributed by atoms with Gasteiger partial charge in [0.1, 0.15) is 11.6 Å². The quantitative estimate of drug-likeness (QED) is 0.249. The summed E-state index contributed by atoms with van der Waals surface area (Å²) >= 11 is 0. The van der Waals surface area contributed by atoms with Crippen LogP contribution in [0, 0.1) is 0 Å². The van der Waals surface area contributed by atoms with Gasteiger partial charge in [0, 0.05) is 12.4 Å². The molecule has 4 rings (SSSR count). The standard InChI is InChI=1S/2C12H11N3O.Mn/c2*16-11-6-2-1-5-10(11)9-14-15-12-7-3-4-8-13-12;/h2*1-9,16H,(H,13,15);/q;;+2/p-2/b2*14-9+;. The topological polar surface area (TPSA) is 121 Å². The van der Waals surface area contributed by atoms with E-state index in [-0.39, 0.29) is 28.6 Å². The normalized spacial score (nSPS) is 10.2. The number of pyridine rings is 2. The Balaban J connectivity index is 0.000000227. The van der Waals surface area contributed by atoms with Gasteiger partial charge in [0.2, 0.25) is 0 Å². The molecular formula is C24H20MnN6O2. The molecule has 0 saturated carbocycles. The van der Waals surface area contributed by atoms with Crippen molar-refractivity contribution in [2.75, 3.05) is 10.9 Å². The molecule has 9 heteroatoms. The molecule has 0 aliphatic heterocycles. The number of benzene rings is 2. The fraction of sp³-hybridized carbons (Fsp3) is 0. The zero-order valence-corrected chi connectivity index (χ0v) is 18.6. The van der Waals surface area contributed by atoms with Crippen LogP contribution in [0.3, 0.4) is 0 Å². The first-order chi connectivity index (χ1) is 15.7. The van der Waals surface area contributed by atoms with Crippen molar-refractivity contribution in [3.05, 3.63) is 108 Å². The molecule has 4 aromatic rings. The summed E-state index contributed by atoms with van der Waals surface area (Å²) in [7, 11) is 0. The molecule has 0 amide bonds. The minimum absolute atomic E-state index is 0. The van der Waals surface area contributed by atoms with Gasteiger partial charge in [-0.1, -0.05) is 72.2 Å². The number of anilines is 2. The van der Waals surface area contributed by atoms with E-state index in [9.17, 15) is 10.2 Å². The van der Waals surface area contributed by atoms with Gasteiger partial charge in [0.05, 0.1) is 12.4 Å². The maximum atomic E-state index is 11.3. The average Bonchev–Trinajstić information content (AvgIpc) is 2.83. The van der Waals surface area contributed by atoms with E-state index >= 15 is 0 Å². The summed E-state index contributed by atoms with van der Waals surface area (Å²) in [6.07, 6.45) is 6.30. The van der Waals surface area contributed by atoms with Gasteiger partial charge >= 0.3 is 17.1 Å². The molecule has 8 nitrogen and oxygen atoms in total. The number of hydrazone groups is 2. The molecule has 0 bridgehead atoms. The van der Waals surface area contributed by atoms with Gasteiger partial charge in [-0.05, 0) is 35.4 Å². The molecule has 2 heterocycles. The SMILES string of the molecule is [Mn+2].[O-]c1ccccc1/C=N/Nc1ccccn1.[O-]c1ccccc1/C=N/Nc1ccccn1. The number of hydrogen-bond acceptors (Lipinski definition) is 8. The molecule has 0 unspecified atom stereocenters. The fourth-order valence-corrected chi connectivity index (χ4v) is 2.37. The summed E-state index contributed by atoms with van der Waals surface area (Å²) in [5.74, 6) is 1.19. The van der Waals surface area contributed by atoms with E-state index < -0.39 is 0 Å². The first kappa shape index (κ1) is 25.1. The van der Waals surface area contributed by atoms with E-state index in [1.54, 1.807) is 60.9 Å². The van der Waals surface area contributed by atoms with Crippen LogP contribution < -0.4 is 21.1 Å². The predicted molar refractivity (Wildman–Crippen MR) is 123 cm³/mol. The van der Waals surface area contributed by atoms with Gasteiger partial charge in [-0.3, -0.25) is 10.9 Å². The molecule has 0 atom stereocenters. The largest absolute Gasteiger partial charge is 2.00 e. The number of hydrogen-bond donors (Lipinski definition) is 2. The minimum atomic E-state index is -0.0472. The van der Waals surface area contributed by atoms with E-state index in [0.717, 1.165) is 0 Å². The molecule has 0 fully saturated rings. The number of para-hydroxylation sites is 2. The molecule has 1 radical (unpaired) electrons. The van der Waals surface area contributed by atoms with Crippen molar-refractivity contribution in [2.45, 2.75) is 0 Å². The Morgan fingerprint density at radius 3 is 1.33 bits per heavy atom. The van der Waals surface area contributed by atoms with Crippen LogP contribution in [0.1, 0.15) is 11.1 Å². The smallest absolute Gasteiger partial charge is 0.872 e. The van der Waals surface area contributed by atoms with Crippen molar-refractivity contribution in [1.82, 2.24) is 9.97 Å². The molecule has 33 heavy (non-hydrogen) atoms. The average molecular weight is 479 g/mol. The first-order valence-corrected chi connectivity index (χ1v) is 9.64. The summed E-state index contributed by atoms with van der Waals surface area (Å²) in [6, 6.07) is 24.4. The minimum Gasteiger partial charge on any atom is -0.872 e. The Labute approximate surface area is 202 Å². The van der Waals surface area contributed by atoms with Crippen LogP contribution in [0.4, 0.5) is 11.6 Å². The molecule has 0 aliphatic rings. The third-order valence-electron chi connectivity index (χ3n) is 3.93. The van der Waals surface area contributed by atoms with Gasteiger partial charge < -0.3 is 10.2 Å². The molecule has 2 aromatic carbocycles. The number of nitrogens with zero attached hydrogens (tertiary/aromatic N) is 4. The Morgan fingerprint density at radius 1 is 0.576 bits per heavy atom. The second-order valence-corrected chi connectivity index (χ2v) is 6.25. The van der Waals surface area contributed by atoms with Crippen LogP contribution in [0.25, 0.3) is 0 Å². The zero-order chi connectivity index (χ0) is 22.4. The van der Waals surface area contributed by atoms with Gasteiger partial charge in [0.15, 0.2) is 0 Å². The fourth-order valence-electron chi connectivity index (χ4n) is 2.37. The van der Waals surface area contributed by atoms with Gasteiger partial charge in [-0.25, -0.2) is 9.97 Å². The molecular weight excluding hydrogens is 459 g/mol. The number of rotatable bonds is 6. The summed E-state index contributed by atoms with van der Waals surface area (Å²) in [5.41, 5.74) is 6.57. The van der Waals surface area contributed by atoms with Crippen LogP contribution >= 0.6 is 0 Å². The van der Waals surface area contributed by atoms with Crippen molar-refractivity contribution in [3.63, 3.8) is 0 Å². The van der Waals surface area contributed by atoms with Gasteiger partial charge in [0.25, 0.3) is 0 Å². The van der Waals surface area contributed by atoms with Gasteiger partial charge in [-0.15, -0.1) is 0 Å². The van der Waals surface area contributed by atoms with Crippen LogP contribution in [-0.2, 0) is 17.1 Å². The first-order valence-electron chi connectivity index (χ1n) is 9.64.